The smallest absolute Gasteiger partial charge is 0.229 e. The minimum Gasteiger partial charge on any atom is -0.325 e. The van der Waals surface area contributed by atoms with Crippen LogP contribution in [0.1, 0.15) is 43.5 Å². The van der Waals surface area contributed by atoms with Gasteiger partial charge in [-0.05, 0) is 43.1 Å². The molecule has 1 atom stereocenters. The lowest BCUT2D eigenvalue weighted by Crippen LogP contribution is -2.28. The number of carbonyl (C=O) groups excluding carboxylic acids is 1. The monoisotopic (exact) mass is 324 g/mol. The molecule has 0 saturated carbocycles. The zero-order chi connectivity index (χ0) is 17.7. The van der Waals surface area contributed by atoms with Gasteiger partial charge in [0.1, 0.15) is 0 Å². The van der Waals surface area contributed by atoms with Gasteiger partial charge in [-0.1, -0.05) is 63.2 Å². The first-order valence-electron chi connectivity index (χ1n) is 8.45. The maximum atomic E-state index is 12.3. The van der Waals surface area contributed by atoms with Crippen LogP contribution in [0.4, 0.5) is 5.69 Å². The maximum Gasteiger partial charge on any atom is 0.229 e. The van der Waals surface area contributed by atoms with E-state index in [4.69, 9.17) is 0 Å². The van der Waals surface area contributed by atoms with Crippen molar-refractivity contribution in [3.05, 3.63) is 65.2 Å². The second-order valence-electron chi connectivity index (χ2n) is 7.26. The van der Waals surface area contributed by atoms with Crippen LogP contribution in [0.2, 0.25) is 0 Å². The van der Waals surface area contributed by atoms with E-state index >= 15 is 0 Å². The van der Waals surface area contributed by atoms with Crippen molar-refractivity contribution in [3.63, 3.8) is 0 Å². The Bertz CT molecular complexity index is 701. The minimum atomic E-state index is -0.411. The third-order valence-electron chi connectivity index (χ3n) is 4.28. The third kappa shape index (κ3) is 4.45. The Hall–Kier alpha value is -2.13. The number of hydrogen-bond donors (Lipinski definition) is 2. The van der Waals surface area contributed by atoms with Crippen molar-refractivity contribution in [2.75, 3.05) is 12.4 Å². The lowest BCUT2D eigenvalue weighted by atomic mass is 9.93. The van der Waals surface area contributed by atoms with Crippen LogP contribution in [-0.4, -0.2) is 13.0 Å². The number of amides is 1. The molecule has 0 radical (unpaired) electrons. The molecule has 0 aliphatic carbocycles. The number of likely N-dealkylation sites (N-methyl/N-ethyl adjacent to an activating group) is 1. The van der Waals surface area contributed by atoms with Gasteiger partial charge < -0.3 is 10.6 Å². The molecule has 0 bridgehead atoms. The molecule has 1 unspecified atom stereocenters. The first-order chi connectivity index (χ1) is 11.3. The molecule has 1 amide bonds. The van der Waals surface area contributed by atoms with Crippen LogP contribution >= 0.6 is 0 Å². The molecule has 0 aromatic heterocycles. The van der Waals surface area contributed by atoms with Crippen molar-refractivity contribution >= 4 is 11.6 Å². The van der Waals surface area contributed by atoms with Crippen LogP contribution in [-0.2, 0) is 11.2 Å². The van der Waals surface area contributed by atoms with E-state index in [1.807, 2.05) is 46.0 Å². The first kappa shape index (κ1) is 18.2. The molecule has 0 spiro atoms. The Balaban J connectivity index is 2.26. The quantitative estimate of drug-likeness (QED) is 0.851. The molecule has 0 aliphatic heterocycles. The van der Waals surface area contributed by atoms with Crippen molar-refractivity contribution in [2.45, 2.75) is 40.2 Å². The number of nitrogens with one attached hydrogen (secondary N) is 2. The number of rotatable bonds is 5. The van der Waals surface area contributed by atoms with Gasteiger partial charge >= 0.3 is 0 Å². The first-order valence-corrected chi connectivity index (χ1v) is 8.45. The van der Waals surface area contributed by atoms with Gasteiger partial charge in [-0.25, -0.2) is 0 Å². The highest BCUT2D eigenvalue weighted by molar-refractivity contribution is 5.95. The molecule has 128 valence electrons. The predicted molar refractivity (Wildman–Crippen MR) is 101 cm³/mol. The van der Waals surface area contributed by atoms with Crippen LogP contribution in [0.3, 0.4) is 0 Å². The van der Waals surface area contributed by atoms with Crippen LogP contribution < -0.4 is 10.6 Å². The van der Waals surface area contributed by atoms with Crippen molar-refractivity contribution in [2.24, 2.45) is 5.41 Å². The number of aryl methyl sites for hydroxylation is 1. The molecule has 0 saturated heterocycles. The summed E-state index contributed by atoms with van der Waals surface area (Å²) in [6.07, 6.45) is 0.821. The Kier molecular flexibility index (Phi) is 5.79. The SMILES string of the molecule is CNC(Cc1ccccc1NC(=O)C(C)(C)C)c1ccccc1C. The molecule has 2 N–H and O–H groups in total. The normalized spacial score (nSPS) is 12.7. The summed E-state index contributed by atoms with van der Waals surface area (Å²) in [6, 6.07) is 16.7. The highest BCUT2D eigenvalue weighted by atomic mass is 16.2. The van der Waals surface area contributed by atoms with Crippen molar-refractivity contribution in [3.8, 4) is 0 Å². The highest BCUT2D eigenvalue weighted by Crippen LogP contribution is 2.26. The Morgan fingerprint density at radius 2 is 1.67 bits per heavy atom. The fraction of sp³-hybridized carbons (Fsp3) is 0.381. The Labute approximate surface area is 145 Å². The summed E-state index contributed by atoms with van der Waals surface area (Å²) in [5, 5.41) is 6.49. The van der Waals surface area contributed by atoms with E-state index in [-0.39, 0.29) is 11.9 Å². The molecule has 24 heavy (non-hydrogen) atoms. The van der Waals surface area contributed by atoms with Gasteiger partial charge in [0.25, 0.3) is 0 Å². The molecule has 3 heteroatoms. The molecule has 2 rings (SSSR count). The molecule has 3 nitrogen and oxygen atoms in total. The Morgan fingerprint density at radius 1 is 1.04 bits per heavy atom. The summed E-state index contributed by atoms with van der Waals surface area (Å²) >= 11 is 0. The minimum absolute atomic E-state index is 0.0341. The number of anilines is 1. The van der Waals surface area contributed by atoms with Crippen molar-refractivity contribution < 1.29 is 4.79 Å². The predicted octanol–water partition coefficient (Wildman–Crippen LogP) is 4.48. The topological polar surface area (TPSA) is 41.1 Å². The molecule has 0 aliphatic rings. The second-order valence-corrected chi connectivity index (χ2v) is 7.26. The maximum absolute atomic E-state index is 12.3. The summed E-state index contributed by atoms with van der Waals surface area (Å²) in [5.41, 5.74) is 4.18. The molecule has 0 heterocycles. The van der Waals surface area contributed by atoms with Crippen LogP contribution in [0.25, 0.3) is 0 Å². The largest absolute Gasteiger partial charge is 0.325 e. The number of hydrogen-bond acceptors (Lipinski definition) is 2. The molecule has 0 fully saturated rings. The zero-order valence-corrected chi connectivity index (χ0v) is 15.3. The van der Waals surface area contributed by atoms with E-state index < -0.39 is 5.41 Å². The van der Waals surface area contributed by atoms with E-state index in [0.29, 0.717) is 0 Å². The van der Waals surface area contributed by atoms with Gasteiger partial charge in [-0.3, -0.25) is 4.79 Å². The average molecular weight is 324 g/mol. The van der Waals surface area contributed by atoms with Crippen LogP contribution in [0.15, 0.2) is 48.5 Å². The van der Waals surface area contributed by atoms with E-state index in [1.165, 1.54) is 11.1 Å². The molecular weight excluding hydrogens is 296 g/mol. The number of benzene rings is 2. The summed E-state index contributed by atoms with van der Waals surface area (Å²) in [6.45, 7) is 7.91. The van der Waals surface area contributed by atoms with Crippen molar-refractivity contribution in [1.29, 1.82) is 0 Å². The standard InChI is InChI=1S/C21H28N2O/c1-15-10-6-8-12-17(15)19(22-5)14-16-11-7-9-13-18(16)23-20(24)21(2,3)4/h6-13,19,22H,14H2,1-5H3,(H,23,24). The lowest BCUT2D eigenvalue weighted by molar-refractivity contribution is -0.123. The number of carbonyl (C=O) groups is 1. The van der Waals surface area contributed by atoms with E-state index in [2.05, 4.69) is 47.9 Å². The van der Waals surface area contributed by atoms with E-state index in [0.717, 1.165) is 17.7 Å². The van der Waals surface area contributed by atoms with E-state index in [9.17, 15) is 4.79 Å². The highest BCUT2D eigenvalue weighted by Gasteiger charge is 2.22. The van der Waals surface area contributed by atoms with Gasteiger partial charge in [0.05, 0.1) is 0 Å². The second kappa shape index (κ2) is 7.63. The summed E-state index contributed by atoms with van der Waals surface area (Å²) < 4.78 is 0. The average Bonchev–Trinajstić information content (AvgIpc) is 2.54. The third-order valence-corrected chi connectivity index (χ3v) is 4.28. The summed E-state index contributed by atoms with van der Waals surface area (Å²) in [7, 11) is 1.98. The molecule has 2 aromatic carbocycles. The summed E-state index contributed by atoms with van der Waals surface area (Å²) in [4.78, 5) is 12.3. The van der Waals surface area contributed by atoms with Gasteiger partial charge in [0.2, 0.25) is 5.91 Å². The van der Waals surface area contributed by atoms with Gasteiger partial charge in [-0.2, -0.15) is 0 Å². The number of para-hydroxylation sites is 1. The summed E-state index contributed by atoms with van der Waals surface area (Å²) in [5.74, 6) is 0.0341. The van der Waals surface area contributed by atoms with Gasteiger partial charge in [-0.15, -0.1) is 0 Å². The van der Waals surface area contributed by atoms with Crippen LogP contribution in [0, 0.1) is 12.3 Å². The van der Waals surface area contributed by atoms with Gasteiger partial charge in [0.15, 0.2) is 0 Å². The lowest BCUT2D eigenvalue weighted by Gasteiger charge is -2.22. The van der Waals surface area contributed by atoms with Crippen LogP contribution in [0.5, 0.6) is 0 Å². The fourth-order valence-corrected chi connectivity index (χ4v) is 2.70. The molecule has 2 aromatic rings. The van der Waals surface area contributed by atoms with Gasteiger partial charge in [0, 0.05) is 17.1 Å². The Morgan fingerprint density at radius 3 is 2.29 bits per heavy atom. The van der Waals surface area contributed by atoms with E-state index in [1.54, 1.807) is 0 Å². The van der Waals surface area contributed by atoms with Crippen molar-refractivity contribution in [1.82, 2.24) is 5.32 Å². The fourth-order valence-electron chi connectivity index (χ4n) is 2.70. The zero-order valence-electron chi connectivity index (χ0n) is 15.3. The molecular formula is C21H28N2O.